The average Bonchev–Trinajstić information content (AvgIpc) is 3.22. The Hall–Kier alpha value is -3.00. The summed E-state index contributed by atoms with van der Waals surface area (Å²) in [5.41, 5.74) is 3.20. The van der Waals surface area contributed by atoms with Gasteiger partial charge in [0.05, 0.1) is 17.2 Å². The van der Waals surface area contributed by atoms with Crippen LogP contribution in [-0.4, -0.2) is 36.2 Å². The molecule has 5 nitrogen and oxygen atoms in total. The SMILES string of the molecule is N#Cc1cccc(N2CC3CC2CN3c2ccc(C(=O)O)cc2)c1. The molecule has 0 aliphatic carbocycles. The lowest BCUT2D eigenvalue weighted by Crippen LogP contribution is -2.46. The summed E-state index contributed by atoms with van der Waals surface area (Å²) in [5, 5.41) is 18.1. The summed E-state index contributed by atoms with van der Waals surface area (Å²) in [7, 11) is 0. The van der Waals surface area contributed by atoms with E-state index in [1.165, 1.54) is 0 Å². The molecule has 2 fully saturated rings. The number of carboxylic acids is 1. The molecule has 0 aromatic heterocycles. The molecule has 2 atom stereocenters. The Bertz CT molecular complexity index is 825. The van der Waals surface area contributed by atoms with Crippen LogP contribution in [0.4, 0.5) is 11.4 Å². The van der Waals surface area contributed by atoms with E-state index >= 15 is 0 Å². The van der Waals surface area contributed by atoms with E-state index in [1.54, 1.807) is 12.1 Å². The van der Waals surface area contributed by atoms with Crippen molar-refractivity contribution in [2.45, 2.75) is 18.5 Å². The van der Waals surface area contributed by atoms with Crippen molar-refractivity contribution < 1.29 is 9.90 Å². The number of hydrogen-bond donors (Lipinski definition) is 1. The minimum Gasteiger partial charge on any atom is -0.478 e. The van der Waals surface area contributed by atoms with E-state index < -0.39 is 5.97 Å². The minimum absolute atomic E-state index is 0.318. The van der Waals surface area contributed by atoms with Gasteiger partial charge >= 0.3 is 5.97 Å². The third-order valence-corrected chi connectivity index (χ3v) is 4.99. The largest absolute Gasteiger partial charge is 0.478 e. The quantitative estimate of drug-likeness (QED) is 0.942. The van der Waals surface area contributed by atoms with Gasteiger partial charge in [-0.15, -0.1) is 0 Å². The monoisotopic (exact) mass is 319 g/mol. The number of anilines is 2. The van der Waals surface area contributed by atoms with E-state index in [0.717, 1.165) is 30.9 Å². The number of hydrogen-bond acceptors (Lipinski definition) is 4. The van der Waals surface area contributed by atoms with Crippen LogP contribution >= 0.6 is 0 Å². The second-order valence-electron chi connectivity index (χ2n) is 6.36. The summed E-state index contributed by atoms with van der Waals surface area (Å²) in [6.07, 6.45) is 1.09. The summed E-state index contributed by atoms with van der Waals surface area (Å²) in [4.78, 5) is 15.7. The number of carbonyl (C=O) groups is 1. The average molecular weight is 319 g/mol. The summed E-state index contributed by atoms with van der Waals surface area (Å²) in [6.45, 7) is 1.86. The number of nitriles is 1. The highest BCUT2D eigenvalue weighted by atomic mass is 16.4. The molecule has 0 amide bonds. The van der Waals surface area contributed by atoms with Gasteiger partial charge in [0, 0.05) is 36.5 Å². The molecule has 2 aromatic rings. The summed E-state index contributed by atoms with van der Waals surface area (Å²) < 4.78 is 0. The molecular weight excluding hydrogens is 302 g/mol. The molecule has 5 heteroatoms. The van der Waals surface area contributed by atoms with Gasteiger partial charge in [0.15, 0.2) is 0 Å². The number of nitrogens with zero attached hydrogens (tertiary/aromatic N) is 3. The third-order valence-electron chi connectivity index (χ3n) is 4.99. The first kappa shape index (κ1) is 14.6. The zero-order valence-corrected chi connectivity index (χ0v) is 13.1. The fraction of sp³-hybridized carbons (Fsp3) is 0.263. The van der Waals surface area contributed by atoms with Crippen molar-refractivity contribution in [2.24, 2.45) is 0 Å². The molecule has 24 heavy (non-hydrogen) atoms. The van der Waals surface area contributed by atoms with E-state index in [0.29, 0.717) is 23.2 Å². The van der Waals surface area contributed by atoms with Crippen LogP contribution in [0.15, 0.2) is 48.5 Å². The number of fused-ring (bicyclic) bond motifs is 2. The highest BCUT2D eigenvalue weighted by Gasteiger charge is 2.43. The molecule has 0 radical (unpaired) electrons. The lowest BCUT2D eigenvalue weighted by Gasteiger charge is -2.37. The van der Waals surface area contributed by atoms with Gasteiger partial charge in [-0.1, -0.05) is 6.07 Å². The fourth-order valence-electron chi connectivity index (χ4n) is 3.85. The van der Waals surface area contributed by atoms with Gasteiger partial charge in [0.25, 0.3) is 0 Å². The van der Waals surface area contributed by atoms with Gasteiger partial charge in [0.2, 0.25) is 0 Å². The summed E-state index contributed by atoms with van der Waals surface area (Å²) in [6, 6.07) is 18.0. The number of rotatable bonds is 3. The normalized spacial score (nSPS) is 21.8. The van der Waals surface area contributed by atoms with Crippen LogP contribution < -0.4 is 9.80 Å². The number of piperazine rings is 1. The lowest BCUT2D eigenvalue weighted by molar-refractivity contribution is 0.0697. The van der Waals surface area contributed by atoms with Crippen LogP contribution in [-0.2, 0) is 0 Å². The Morgan fingerprint density at radius 2 is 1.71 bits per heavy atom. The molecule has 0 spiro atoms. The maximum absolute atomic E-state index is 11.0. The van der Waals surface area contributed by atoms with Gasteiger partial charge in [-0.2, -0.15) is 5.26 Å². The molecule has 2 saturated heterocycles. The van der Waals surface area contributed by atoms with Crippen molar-refractivity contribution in [1.82, 2.24) is 0 Å². The van der Waals surface area contributed by atoms with E-state index in [2.05, 4.69) is 21.9 Å². The van der Waals surface area contributed by atoms with Crippen molar-refractivity contribution in [1.29, 1.82) is 5.26 Å². The maximum atomic E-state index is 11.0. The Labute approximate surface area is 140 Å². The molecule has 120 valence electrons. The van der Waals surface area contributed by atoms with Crippen LogP contribution in [0.2, 0.25) is 0 Å². The topological polar surface area (TPSA) is 67.6 Å². The van der Waals surface area contributed by atoms with Crippen molar-refractivity contribution in [2.75, 3.05) is 22.9 Å². The van der Waals surface area contributed by atoms with Crippen molar-refractivity contribution in [3.8, 4) is 6.07 Å². The zero-order valence-electron chi connectivity index (χ0n) is 13.1. The molecule has 1 N–H and O–H groups in total. The predicted octanol–water partition coefficient (Wildman–Crippen LogP) is 2.72. The fourth-order valence-corrected chi connectivity index (χ4v) is 3.85. The van der Waals surface area contributed by atoms with Gasteiger partial charge in [-0.3, -0.25) is 0 Å². The first-order valence-electron chi connectivity index (χ1n) is 8.02. The second-order valence-corrected chi connectivity index (χ2v) is 6.36. The van der Waals surface area contributed by atoms with Gasteiger partial charge in [-0.25, -0.2) is 4.79 Å². The molecule has 2 aromatic carbocycles. The van der Waals surface area contributed by atoms with Crippen molar-refractivity contribution in [3.05, 3.63) is 59.7 Å². The Balaban J connectivity index is 1.51. The lowest BCUT2D eigenvalue weighted by atomic mass is 10.1. The second kappa shape index (κ2) is 5.57. The molecule has 2 unspecified atom stereocenters. The van der Waals surface area contributed by atoms with Gasteiger partial charge in [0.1, 0.15) is 0 Å². The summed E-state index contributed by atoms with van der Waals surface area (Å²) >= 11 is 0. The van der Waals surface area contributed by atoms with Crippen LogP contribution in [0.3, 0.4) is 0 Å². The number of aromatic carboxylic acids is 1. The van der Waals surface area contributed by atoms with E-state index in [1.807, 2.05) is 30.3 Å². The molecule has 4 rings (SSSR count). The van der Waals surface area contributed by atoms with E-state index in [9.17, 15) is 4.79 Å². The van der Waals surface area contributed by atoms with E-state index in [-0.39, 0.29) is 0 Å². The molecule has 2 aliphatic rings. The van der Waals surface area contributed by atoms with Crippen LogP contribution in [0.25, 0.3) is 0 Å². The van der Waals surface area contributed by atoms with Gasteiger partial charge in [-0.05, 0) is 48.9 Å². The first-order valence-corrected chi connectivity index (χ1v) is 8.02. The highest BCUT2D eigenvalue weighted by molar-refractivity contribution is 5.88. The van der Waals surface area contributed by atoms with Gasteiger partial charge < -0.3 is 14.9 Å². The van der Waals surface area contributed by atoms with Crippen molar-refractivity contribution in [3.63, 3.8) is 0 Å². The molecule has 2 aliphatic heterocycles. The zero-order chi connectivity index (χ0) is 16.7. The minimum atomic E-state index is -0.895. The summed E-state index contributed by atoms with van der Waals surface area (Å²) in [5.74, 6) is -0.895. The predicted molar refractivity (Wildman–Crippen MR) is 91.4 cm³/mol. The Morgan fingerprint density at radius 3 is 2.29 bits per heavy atom. The number of benzene rings is 2. The third kappa shape index (κ3) is 2.37. The highest BCUT2D eigenvalue weighted by Crippen LogP contribution is 2.37. The van der Waals surface area contributed by atoms with E-state index in [4.69, 9.17) is 10.4 Å². The first-order chi connectivity index (χ1) is 11.7. The maximum Gasteiger partial charge on any atom is 0.335 e. The van der Waals surface area contributed by atoms with Crippen LogP contribution in [0, 0.1) is 11.3 Å². The van der Waals surface area contributed by atoms with Crippen LogP contribution in [0.1, 0.15) is 22.3 Å². The standard InChI is InChI=1S/C19H17N3O2/c20-10-13-2-1-3-16(8-13)22-12-17-9-18(22)11-21(17)15-6-4-14(5-7-15)19(23)24/h1-8,17-18H,9,11-12H2,(H,23,24). The Kier molecular flexibility index (Phi) is 3.39. The molecule has 2 bridgehead atoms. The smallest absolute Gasteiger partial charge is 0.335 e. The molecular formula is C19H17N3O2. The van der Waals surface area contributed by atoms with Crippen molar-refractivity contribution >= 4 is 17.3 Å². The Morgan fingerprint density at radius 1 is 1.04 bits per heavy atom. The molecule has 2 heterocycles. The number of carboxylic acid groups (broad SMARTS) is 1. The van der Waals surface area contributed by atoms with Crippen LogP contribution in [0.5, 0.6) is 0 Å². The molecule has 0 saturated carbocycles.